The molecule has 1 unspecified atom stereocenters. The molecule has 2 aromatic rings. The summed E-state index contributed by atoms with van der Waals surface area (Å²) in [5.74, 6) is 0.388. The van der Waals surface area contributed by atoms with Gasteiger partial charge in [0.2, 0.25) is 5.88 Å². The van der Waals surface area contributed by atoms with Crippen molar-refractivity contribution in [2.45, 2.75) is 56.8 Å². The lowest BCUT2D eigenvalue weighted by atomic mass is 9.92. The Morgan fingerprint density at radius 3 is 2.48 bits per heavy atom. The van der Waals surface area contributed by atoms with Crippen LogP contribution in [0.25, 0.3) is 11.1 Å². The van der Waals surface area contributed by atoms with Crippen molar-refractivity contribution in [3.05, 3.63) is 47.7 Å². The number of pyridine rings is 1. The van der Waals surface area contributed by atoms with E-state index in [1.54, 1.807) is 6.07 Å². The first-order valence-electron chi connectivity index (χ1n) is 10.6. The molecule has 31 heavy (non-hydrogen) atoms. The minimum atomic E-state index is -4.43. The molecule has 2 atom stereocenters. The topological polar surface area (TPSA) is 71.5 Å². The number of hydrogen-bond acceptors (Lipinski definition) is 4. The summed E-state index contributed by atoms with van der Waals surface area (Å²) >= 11 is 0. The van der Waals surface area contributed by atoms with E-state index in [-0.39, 0.29) is 17.5 Å². The zero-order valence-electron chi connectivity index (χ0n) is 17.0. The number of hydrogen-bond donors (Lipinski definition) is 2. The summed E-state index contributed by atoms with van der Waals surface area (Å²) in [5.41, 5.74) is 0.473. The average Bonchev–Trinajstić information content (AvgIpc) is 3.58. The number of halogens is 3. The Morgan fingerprint density at radius 1 is 1.13 bits per heavy atom. The van der Waals surface area contributed by atoms with Crippen LogP contribution in [0.3, 0.4) is 0 Å². The first-order chi connectivity index (χ1) is 14.8. The number of aliphatic hydroxyl groups excluding tert-OH is 1. The van der Waals surface area contributed by atoms with Gasteiger partial charge in [-0.25, -0.2) is 4.98 Å². The predicted molar refractivity (Wildman–Crippen MR) is 109 cm³/mol. The first-order valence-corrected chi connectivity index (χ1v) is 10.6. The number of amides is 1. The van der Waals surface area contributed by atoms with E-state index >= 15 is 0 Å². The van der Waals surface area contributed by atoms with Crippen molar-refractivity contribution in [3.63, 3.8) is 0 Å². The van der Waals surface area contributed by atoms with E-state index in [4.69, 9.17) is 4.74 Å². The van der Waals surface area contributed by atoms with Gasteiger partial charge >= 0.3 is 6.18 Å². The van der Waals surface area contributed by atoms with Gasteiger partial charge in [0.05, 0.1) is 29.9 Å². The van der Waals surface area contributed by atoms with Crippen LogP contribution in [0.2, 0.25) is 0 Å². The zero-order valence-corrected chi connectivity index (χ0v) is 17.0. The van der Waals surface area contributed by atoms with Crippen LogP contribution in [0.15, 0.2) is 36.5 Å². The lowest BCUT2D eigenvalue weighted by molar-refractivity contribution is -0.137. The summed E-state index contributed by atoms with van der Waals surface area (Å²) in [6.07, 6.45) is 1.78. The highest BCUT2D eigenvalue weighted by molar-refractivity contribution is 5.95. The van der Waals surface area contributed by atoms with Crippen LogP contribution in [-0.4, -0.2) is 34.8 Å². The van der Waals surface area contributed by atoms with Gasteiger partial charge in [-0.15, -0.1) is 0 Å². The van der Waals surface area contributed by atoms with Gasteiger partial charge in [0.1, 0.15) is 0 Å². The molecule has 2 aliphatic carbocycles. The molecular formula is C23H25F3N2O3. The highest BCUT2D eigenvalue weighted by atomic mass is 19.4. The molecule has 8 heteroatoms. The fourth-order valence-electron chi connectivity index (χ4n) is 3.75. The van der Waals surface area contributed by atoms with Gasteiger partial charge in [-0.3, -0.25) is 4.79 Å². The average molecular weight is 434 g/mol. The molecule has 2 aliphatic rings. The van der Waals surface area contributed by atoms with Gasteiger partial charge in [0.25, 0.3) is 5.91 Å². The molecule has 166 valence electrons. The lowest BCUT2D eigenvalue weighted by Gasteiger charge is -2.28. The van der Waals surface area contributed by atoms with Crippen LogP contribution in [0, 0.1) is 5.92 Å². The SMILES string of the molecule is O=C(NC1CCCC[C@H]1O)c1cnc(OCC2CC2)c(-c2ccc(C(F)(F)F)cc2)c1. The van der Waals surface area contributed by atoms with Crippen LogP contribution in [0.5, 0.6) is 5.88 Å². The Bertz CT molecular complexity index is 927. The third-order valence-electron chi connectivity index (χ3n) is 5.84. The summed E-state index contributed by atoms with van der Waals surface area (Å²) in [7, 11) is 0. The van der Waals surface area contributed by atoms with E-state index in [1.165, 1.54) is 18.3 Å². The fraction of sp³-hybridized carbons (Fsp3) is 0.478. The van der Waals surface area contributed by atoms with E-state index < -0.39 is 17.8 Å². The van der Waals surface area contributed by atoms with Crippen molar-refractivity contribution in [1.82, 2.24) is 10.3 Å². The van der Waals surface area contributed by atoms with Gasteiger partial charge in [-0.1, -0.05) is 25.0 Å². The number of ether oxygens (including phenoxy) is 1. The number of carbonyl (C=O) groups is 1. The van der Waals surface area contributed by atoms with Gasteiger partial charge in [-0.2, -0.15) is 13.2 Å². The molecule has 2 fully saturated rings. The lowest BCUT2D eigenvalue weighted by Crippen LogP contribution is -2.45. The smallest absolute Gasteiger partial charge is 0.416 e. The van der Waals surface area contributed by atoms with Gasteiger partial charge in [0, 0.05) is 11.8 Å². The Morgan fingerprint density at radius 2 is 1.84 bits per heavy atom. The van der Waals surface area contributed by atoms with Crippen molar-refractivity contribution in [2.24, 2.45) is 5.92 Å². The fourth-order valence-corrected chi connectivity index (χ4v) is 3.75. The normalized spacial score (nSPS) is 21.5. The standard InChI is InChI=1S/C23H25F3N2O3/c24-23(25,26)17-9-7-15(8-10-17)18-11-16(12-27-22(18)31-13-14-5-6-14)21(30)28-19-3-1-2-4-20(19)29/h7-12,14,19-20,29H,1-6,13H2,(H,28,30)/t19?,20-/m1/s1. The third kappa shape index (κ3) is 5.36. The second-order valence-corrected chi connectivity index (χ2v) is 8.34. The molecule has 1 aromatic carbocycles. The number of rotatable bonds is 6. The number of nitrogens with zero attached hydrogens (tertiary/aromatic N) is 1. The molecule has 2 saturated carbocycles. The minimum Gasteiger partial charge on any atom is -0.477 e. The Labute approximate surface area is 178 Å². The summed E-state index contributed by atoms with van der Waals surface area (Å²) in [6, 6.07) is 5.99. The molecule has 1 heterocycles. The zero-order chi connectivity index (χ0) is 22.0. The Kier molecular flexibility index (Phi) is 6.18. The molecular weight excluding hydrogens is 409 g/mol. The van der Waals surface area contributed by atoms with Crippen LogP contribution < -0.4 is 10.1 Å². The number of nitrogens with one attached hydrogen (secondary N) is 1. The minimum absolute atomic E-state index is 0.270. The molecule has 4 rings (SSSR count). The number of benzene rings is 1. The summed E-state index contributed by atoms with van der Waals surface area (Å²) in [5, 5.41) is 13.0. The molecule has 1 amide bonds. The first kappa shape index (κ1) is 21.6. The van der Waals surface area contributed by atoms with Crippen molar-refractivity contribution in [1.29, 1.82) is 0 Å². The Hall–Kier alpha value is -2.61. The maximum absolute atomic E-state index is 12.9. The van der Waals surface area contributed by atoms with Crippen molar-refractivity contribution in [3.8, 4) is 17.0 Å². The van der Waals surface area contributed by atoms with Crippen LogP contribution in [0.4, 0.5) is 13.2 Å². The monoisotopic (exact) mass is 434 g/mol. The van der Waals surface area contributed by atoms with E-state index in [0.29, 0.717) is 42.4 Å². The van der Waals surface area contributed by atoms with Crippen molar-refractivity contribution >= 4 is 5.91 Å². The van der Waals surface area contributed by atoms with E-state index in [0.717, 1.165) is 37.8 Å². The van der Waals surface area contributed by atoms with Gasteiger partial charge in [-0.05, 0) is 55.4 Å². The summed E-state index contributed by atoms with van der Waals surface area (Å²) in [4.78, 5) is 17.1. The van der Waals surface area contributed by atoms with Crippen molar-refractivity contribution < 1.29 is 27.8 Å². The molecule has 0 saturated heterocycles. The second-order valence-electron chi connectivity index (χ2n) is 8.34. The molecule has 1 aromatic heterocycles. The van der Waals surface area contributed by atoms with E-state index in [9.17, 15) is 23.1 Å². The van der Waals surface area contributed by atoms with Crippen LogP contribution in [0.1, 0.15) is 54.4 Å². The molecule has 0 radical (unpaired) electrons. The largest absolute Gasteiger partial charge is 0.477 e. The quantitative estimate of drug-likeness (QED) is 0.698. The maximum atomic E-state index is 12.9. The summed E-state index contributed by atoms with van der Waals surface area (Å²) < 4.78 is 44.6. The van der Waals surface area contributed by atoms with Crippen molar-refractivity contribution in [2.75, 3.05) is 6.61 Å². The number of aromatic nitrogens is 1. The Balaban J connectivity index is 1.59. The van der Waals surface area contributed by atoms with Crippen LogP contribution >= 0.6 is 0 Å². The third-order valence-corrected chi connectivity index (χ3v) is 5.84. The number of alkyl halides is 3. The van der Waals surface area contributed by atoms with E-state index in [2.05, 4.69) is 10.3 Å². The molecule has 2 N–H and O–H groups in total. The van der Waals surface area contributed by atoms with Gasteiger partial charge < -0.3 is 15.2 Å². The molecule has 0 spiro atoms. The molecule has 0 aliphatic heterocycles. The highest BCUT2D eigenvalue weighted by Gasteiger charge is 2.30. The molecule has 5 nitrogen and oxygen atoms in total. The number of aliphatic hydroxyl groups is 1. The summed E-state index contributed by atoms with van der Waals surface area (Å²) in [6.45, 7) is 0.487. The maximum Gasteiger partial charge on any atom is 0.416 e. The van der Waals surface area contributed by atoms with Gasteiger partial charge in [0.15, 0.2) is 0 Å². The second kappa shape index (κ2) is 8.86. The van der Waals surface area contributed by atoms with E-state index in [1.807, 2.05) is 0 Å². The number of carbonyl (C=O) groups excluding carboxylic acids is 1. The predicted octanol–water partition coefficient (Wildman–Crippen LogP) is 4.59. The molecule has 0 bridgehead atoms. The van der Waals surface area contributed by atoms with Crippen LogP contribution in [-0.2, 0) is 6.18 Å². The highest BCUT2D eigenvalue weighted by Crippen LogP contribution is 2.35.